The van der Waals surface area contributed by atoms with Crippen molar-refractivity contribution in [3.05, 3.63) is 34.4 Å². The van der Waals surface area contributed by atoms with Crippen molar-refractivity contribution in [2.24, 2.45) is 0 Å². The maximum atomic E-state index is 2.39. The molecule has 0 aromatic heterocycles. The average Bonchev–Trinajstić information content (AvgIpc) is 2.37. The molecule has 0 nitrogen and oxygen atoms in total. The normalized spacial score (nSPS) is 14.7. The number of benzene rings is 1. The highest BCUT2D eigenvalue weighted by Gasteiger charge is 2.14. The minimum atomic E-state index is 1.31. The van der Waals surface area contributed by atoms with E-state index in [1.807, 2.05) is 0 Å². The van der Waals surface area contributed by atoms with Crippen LogP contribution in [0.3, 0.4) is 0 Å². The van der Waals surface area contributed by atoms with Crippen LogP contribution in [0.4, 0.5) is 0 Å². The van der Waals surface area contributed by atoms with Crippen LogP contribution in [0.15, 0.2) is 12.1 Å². The summed E-state index contributed by atoms with van der Waals surface area (Å²) >= 11 is 0. The van der Waals surface area contributed by atoms with Gasteiger partial charge in [0.05, 0.1) is 0 Å². The van der Waals surface area contributed by atoms with Crippen LogP contribution in [0.5, 0.6) is 0 Å². The Balaban J connectivity index is 2.06. The summed E-state index contributed by atoms with van der Waals surface area (Å²) in [7, 11) is 0. The monoisotopic (exact) mass is 230 g/mol. The Hall–Kier alpha value is -0.780. The van der Waals surface area contributed by atoms with E-state index in [1.54, 1.807) is 16.7 Å². The molecule has 0 N–H and O–H groups in total. The van der Waals surface area contributed by atoms with Gasteiger partial charge in [-0.25, -0.2) is 0 Å². The lowest BCUT2D eigenvalue weighted by Gasteiger charge is -2.21. The molecule has 0 saturated carbocycles. The molecule has 0 unspecified atom stereocenters. The fourth-order valence-corrected chi connectivity index (χ4v) is 3.10. The predicted octanol–water partition coefficient (Wildman–Crippen LogP) is 5.00. The standard InChI is InChI=1S/C17H26/c1-3-4-5-6-9-15-13-12-14(2)16-10-7-8-11-17(15)16/h12-13H,3-11H2,1-2H3. The van der Waals surface area contributed by atoms with Crippen molar-refractivity contribution < 1.29 is 0 Å². The minimum Gasteiger partial charge on any atom is -0.0654 e. The van der Waals surface area contributed by atoms with Gasteiger partial charge in [-0.1, -0.05) is 38.3 Å². The Bertz CT molecular complexity index is 363. The second-order valence-corrected chi connectivity index (χ2v) is 5.52. The summed E-state index contributed by atoms with van der Waals surface area (Å²) in [5, 5.41) is 0. The second kappa shape index (κ2) is 6.23. The van der Waals surface area contributed by atoms with Crippen molar-refractivity contribution in [1.29, 1.82) is 0 Å². The van der Waals surface area contributed by atoms with Gasteiger partial charge >= 0.3 is 0 Å². The van der Waals surface area contributed by atoms with Crippen molar-refractivity contribution in [3.8, 4) is 0 Å². The van der Waals surface area contributed by atoms with Gasteiger partial charge in [0.2, 0.25) is 0 Å². The lowest BCUT2D eigenvalue weighted by molar-refractivity contribution is 0.646. The topological polar surface area (TPSA) is 0 Å². The van der Waals surface area contributed by atoms with Gasteiger partial charge in [-0.15, -0.1) is 0 Å². The molecule has 0 spiro atoms. The van der Waals surface area contributed by atoms with Gasteiger partial charge in [-0.2, -0.15) is 0 Å². The Morgan fingerprint density at radius 2 is 1.71 bits per heavy atom. The van der Waals surface area contributed by atoms with Crippen LogP contribution < -0.4 is 0 Å². The maximum Gasteiger partial charge on any atom is -0.0273 e. The Morgan fingerprint density at radius 3 is 2.47 bits per heavy atom. The number of hydrogen-bond acceptors (Lipinski definition) is 0. The minimum absolute atomic E-state index is 1.31. The SMILES string of the molecule is CCCCCCc1ccc(C)c2c1CCCC2. The maximum absolute atomic E-state index is 2.39. The zero-order valence-corrected chi connectivity index (χ0v) is 11.5. The molecule has 0 radical (unpaired) electrons. The molecule has 0 heteroatoms. The number of aryl methyl sites for hydroxylation is 2. The van der Waals surface area contributed by atoms with Gasteiger partial charge in [-0.05, 0) is 67.7 Å². The molecule has 0 bridgehead atoms. The molecule has 0 atom stereocenters. The molecule has 0 heterocycles. The van der Waals surface area contributed by atoms with E-state index in [4.69, 9.17) is 0 Å². The van der Waals surface area contributed by atoms with E-state index in [2.05, 4.69) is 26.0 Å². The molecule has 1 aromatic carbocycles. The summed E-state index contributed by atoms with van der Waals surface area (Å²) in [6, 6.07) is 4.74. The second-order valence-electron chi connectivity index (χ2n) is 5.52. The van der Waals surface area contributed by atoms with E-state index < -0.39 is 0 Å². The first-order valence-corrected chi connectivity index (χ1v) is 7.43. The van der Waals surface area contributed by atoms with Crippen LogP contribution >= 0.6 is 0 Å². The molecular formula is C17H26. The number of unbranched alkanes of at least 4 members (excludes halogenated alkanes) is 3. The lowest BCUT2D eigenvalue weighted by atomic mass is 9.84. The van der Waals surface area contributed by atoms with Crippen LogP contribution in [0.25, 0.3) is 0 Å². The van der Waals surface area contributed by atoms with Crippen molar-refractivity contribution in [2.45, 2.75) is 71.6 Å². The molecule has 94 valence electrons. The molecule has 0 saturated heterocycles. The highest BCUT2D eigenvalue weighted by molar-refractivity contribution is 5.42. The van der Waals surface area contributed by atoms with Crippen LogP contribution in [0.2, 0.25) is 0 Å². The highest BCUT2D eigenvalue weighted by Crippen LogP contribution is 2.28. The van der Waals surface area contributed by atoms with Crippen molar-refractivity contribution >= 4 is 0 Å². The third-order valence-electron chi connectivity index (χ3n) is 4.17. The molecule has 0 amide bonds. The third kappa shape index (κ3) is 3.12. The molecule has 0 fully saturated rings. The Labute approximate surface area is 106 Å². The van der Waals surface area contributed by atoms with Gasteiger partial charge in [0.1, 0.15) is 0 Å². The third-order valence-corrected chi connectivity index (χ3v) is 4.17. The summed E-state index contributed by atoms with van der Waals surface area (Å²) in [4.78, 5) is 0. The molecular weight excluding hydrogens is 204 g/mol. The largest absolute Gasteiger partial charge is 0.0654 e. The molecule has 0 aliphatic heterocycles. The molecule has 2 rings (SSSR count). The van der Waals surface area contributed by atoms with Gasteiger partial charge in [0.25, 0.3) is 0 Å². The van der Waals surface area contributed by atoms with E-state index in [0.29, 0.717) is 0 Å². The van der Waals surface area contributed by atoms with E-state index in [-0.39, 0.29) is 0 Å². The number of fused-ring (bicyclic) bond motifs is 1. The molecule has 1 aliphatic carbocycles. The summed E-state index contributed by atoms with van der Waals surface area (Å²) < 4.78 is 0. The van der Waals surface area contributed by atoms with Crippen LogP contribution in [-0.4, -0.2) is 0 Å². The zero-order chi connectivity index (χ0) is 12.1. The van der Waals surface area contributed by atoms with E-state index in [1.165, 1.54) is 63.4 Å². The quantitative estimate of drug-likeness (QED) is 0.625. The van der Waals surface area contributed by atoms with Crippen molar-refractivity contribution in [2.75, 3.05) is 0 Å². The first kappa shape index (κ1) is 12.7. The molecule has 1 aliphatic rings. The summed E-state index contributed by atoms with van der Waals surface area (Å²) in [6.07, 6.45) is 12.3. The molecule has 17 heavy (non-hydrogen) atoms. The number of hydrogen-bond donors (Lipinski definition) is 0. The summed E-state index contributed by atoms with van der Waals surface area (Å²) in [5.41, 5.74) is 6.58. The van der Waals surface area contributed by atoms with E-state index in [0.717, 1.165) is 0 Å². The predicted molar refractivity (Wildman–Crippen MR) is 75.7 cm³/mol. The smallest absolute Gasteiger partial charge is 0.0273 e. The fourth-order valence-electron chi connectivity index (χ4n) is 3.10. The lowest BCUT2D eigenvalue weighted by Crippen LogP contribution is -2.08. The first-order valence-electron chi connectivity index (χ1n) is 7.43. The highest BCUT2D eigenvalue weighted by atomic mass is 14.2. The van der Waals surface area contributed by atoms with Crippen molar-refractivity contribution in [1.82, 2.24) is 0 Å². The van der Waals surface area contributed by atoms with Gasteiger partial charge in [0.15, 0.2) is 0 Å². The van der Waals surface area contributed by atoms with Crippen molar-refractivity contribution in [3.63, 3.8) is 0 Å². The number of rotatable bonds is 5. The van der Waals surface area contributed by atoms with Crippen LogP contribution in [0.1, 0.15) is 67.7 Å². The first-order chi connectivity index (χ1) is 8.33. The fraction of sp³-hybridized carbons (Fsp3) is 0.647. The summed E-state index contributed by atoms with van der Waals surface area (Å²) in [5.74, 6) is 0. The summed E-state index contributed by atoms with van der Waals surface area (Å²) in [6.45, 7) is 4.57. The zero-order valence-electron chi connectivity index (χ0n) is 11.5. The van der Waals surface area contributed by atoms with Crippen LogP contribution in [0, 0.1) is 6.92 Å². The van der Waals surface area contributed by atoms with Gasteiger partial charge < -0.3 is 0 Å². The Kier molecular flexibility index (Phi) is 4.65. The van der Waals surface area contributed by atoms with Gasteiger partial charge in [-0.3, -0.25) is 0 Å². The van der Waals surface area contributed by atoms with E-state index in [9.17, 15) is 0 Å². The van der Waals surface area contributed by atoms with Crippen LogP contribution in [-0.2, 0) is 19.3 Å². The Morgan fingerprint density at radius 1 is 0.941 bits per heavy atom. The molecule has 1 aromatic rings. The van der Waals surface area contributed by atoms with Gasteiger partial charge in [0, 0.05) is 0 Å². The van der Waals surface area contributed by atoms with E-state index >= 15 is 0 Å². The average molecular weight is 230 g/mol.